The summed E-state index contributed by atoms with van der Waals surface area (Å²) in [7, 11) is 0. The molecular formula is C61H46N4. The smallest absolute Gasteiger partial charge is 0.0542 e. The van der Waals surface area contributed by atoms with Gasteiger partial charge in [-0.2, -0.15) is 0 Å². The van der Waals surface area contributed by atoms with Crippen LogP contribution in [0.25, 0.3) is 67.4 Å². The minimum Gasteiger partial charge on any atom is -0.310 e. The van der Waals surface area contributed by atoms with E-state index in [1.54, 1.807) is 0 Å². The van der Waals surface area contributed by atoms with E-state index in [-0.39, 0.29) is 0 Å². The molecule has 0 aliphatic rings. The summed E-state index contributed by atoms with van der Waals surface area (Å²) in [5.74, 6) is 0. The second-order valence-electron chi connectivity index (χ2n) is 16.2. The Morgan fingerprint density at radius 2 is 0.800 bits per heavy atom. The number of hydrogen-bond donors (Lipinski definition) is 0. The Morgan fingerprint density at radius 1 is 0.369 bits per heavy atom. The van der Waals surface area contributed by atoms with E-state index >= 15 is 0 Å². The van der Waals surface area contributed by atoms with Crippen LogP contribution in [0.2, 0.25) is 0 Å². The van der Waals surface area contributed by atoms with Gasteiger partial charge in [0.1, 0.15) is 0 Å². The minimum absolute atomic E-state index is 1.06. The average Bonchev–Trinajstić information content (AvgIpc) is 3.87. The predicted octanol–water partition coefficient (Wildman–Crippen LogP) is 17.0. The van der Waals surface area contributed by atoms with Crippen molar-refractivity contribution in [3.05, 3.63) is 254 Å². The molecule has 0 fully saturated rings. The molecule has 11 rings (SSSR count). The molecule has 0 radical (unpaired) electrons. The van der Waals surface area contributed by atoms with E-state index in [0.29, 0.717) is 0 Å². The zero-order valence-electron chi connectivity index (χ0n) is 36.2. The Bertz CT molecular complexity index is 3510. The molecule has 0 atom stereocenters. The fourth-order valence-electron chi connectivity index (χ4n) is 9.51. The standard InChI is InChI=1S/C61H46N4/c1-3-21-58-54(4-2)56-42-52(36-38-60(56)64(58)48-28-13-7-14-29-48)62(46-24-9-5-10-25-46)50-32-19-22-44(40-50)45-23-20-33-51(41-45)63(47-26-11-6-12-27-47)53-37-39-61-57(43-53)55-34-17-18-35-59(55)65(61)49-30-15-8-16-31-49/h3-43H,2H2,1H3/b21-3-. The van der Waals surface area contributed by atoms with Crippen LogP contribution in [0.5, 0.6) is 0 Å². The lowest BCUT2D eigenvalue weighted by atomic mass is 10.0. The van der Waals surface area contributed by atoms with Gasteiger partial charge in [0.05, 0.1) is 22.2 Å². The van der Waals surface area contributed by atoms with Crippen molar-refractivity contribution in [3.63, 3.8) is 0 Å². The van der Waals surface area contributed by atoms with Gasteiger partial charge in [-0.3, -0.25) is 0 Å². The zero-order chi connectivity index (χ0) is 43.7. The molecule has 2 heterocycles. The van der Waals surface area contributed by atoms with E-state index in [0.717, 1.165) is 78.8 Å². The minimum atomic E-state index is 1.06. The van der Waals surface area contributed by atoms with E-state index < -0.39 is 0 Å². The Balaban J connectivity index is 1.03. The molecule has 0 bridgehead atoms. The van der Waals surface area contributed by atoms with Gasteiger partial charge in [-0.1, -0.05) is 134 Å². The van der Waals surface area contributed by atoms with Gasteiger partial charge in [-0.25, -0.2) is 0 Å². The van der Waals surface area contributed by atoms with Gasteiger partial charge in [0.25, 0.3) is 0 Å². The first-order chi connectivity index (χ1) is 32.2. The Kier molecular flexibility index (Phi) is 10.2. The molecule has 0 amide bonds. The molecule has 11 aromatic rings. The Labute approximate surface area is 380 Å². The molecule has 9 aromatic carbocycles. The number of fused-ring (bicyclic) bond motifs is 4. The van der Waals surface area contributed by atoms with Crippen molar-refractivity contribution in [2.45, 2.75) is 6.92 Å². The van der Waals surface area contributed by atoms with E-state index in [4.69, 9.17) is 0 Å². The third-order valence-electron chi connectivity index (χ3n) is 12.3. The quantitative estimate of drug-likeness (QED) is 0.129. The highest BCUT2D eigenvalue weighted by Gasteiger charge is 2.21. The molecule has 0 N–H and O–H groups in total. The number of para-hydroxylation sites is 5. The van der Waals surface area contributed by atoms with Crippen LogP contribution >= 0.6 is 0 Å². The van der Waals surface area contributed by atoms with Crippen molar-refractivity contribution in [1.82, 2.24) is 9.13 Å². The normalized spacial score (nSPS) is 11.5. The average molecular weight is 835 g/mol. The number of nitrogens with zero attached hydrogens (tertiary/aromatic N) is 4. The van der Waals surface area contributed by atoms with Gasteiger partial charge in [0, 0.05) is 67.2 Å². The maximum absolute atomic E-state index is 4.30. The van der Waals surface area contributed by atoms with Crippen LogP contribution in [0.4, 0.5) is 34.1 Å². The van der Waals surface area contributed by atoms with Crippen LogP contribution in [-0.2, 0) is 0 Å². The van der Waals surface area contributed by atoms with E-state index in [1.807, 2.05) is 6.08 Å². The van der Waals surface area contributed by atoms with Gasteiger partial charge in [0.2, 0.25) is 0 Å². The van der Waals surface area contributed by atoms with Gasteiger partial charge in [0.15, 0.2) is 0 Å². The lowest BCUT2D eigenvalue weighted by molar-refractivity contribution is 1.10. The predicted molar refractivity (Wildman–Crippen MR) is 277 cm³/mol. The van der Waals surface area contributed by atoms with Crippen molar-refractivity contribution in [3.8, 4) is 22.5 Å². The van der Waals surface area contributed by atoms with Crippen LogP contribution in [-0.4, -0.2) is 9.13 Å². The number of benzene rings is 9. The zero-order valence-corrected chi connectivity index (χ0v) is 36.2. The number of rotatable bonds is 11. The summed E-state index contributed by atoms with van der Waals surface area (Å²) < 4.78 is 4.70. The molecule has 4 heteroatoms. The number of aromatic nitrogens is 2. The second kappa shape index (κ2) is 16.9. The van der Waals surface area contributed by atoms with Gasteiger partial charge in [-0.15, -0.1) is 0 Å². The largest absolute Gasteiger partial charge is 0.310 e. The van der Waals surface area contributed by atoms with Gasteiger partial charge >= 0.3 is 0 Å². The Morgan fingerprint density at radius 3 is 1.34 bits per heavy atom. The molecule has 0 saturated carbocycles. The number of anilines is 6. The second-order valence-corrected chi connectivity index (χ2v) is 16.2. The highest BCUT2D eigenvalue weighted by atomic mass is 15.1. The van der Waals surface area contributed by atoms with E-state index in [9.17, 15) is 0 Å². The maximum Gasteiger partial charge on any atom is 0.0542 e. The Hall–Kier alpha value is -8.60. The third kappa shape index (κ3) is 7.08. The first-order valence-corrected chi connectivity index (χ1v) is 22.2. The van der Waals surface area contributed by atoms with Crippen molar-refractivity contribution < 1.29 is 0 Å². The lowest BCUT2D eigenvalue weighted by Gasteiger charge is -2.27. The monoisotopic (exact) mass is 834 g/mol. The summed E-state index contributed by atoms with van der Waals surface area (Å²) >= 11 is 0. The molecule has 2 aromatic heterocycles. The van der Waals surface area contributed by atoms with E-state index in [2.05, 4.69) is 275 Å². The first-order valence-electron chi connectivity index (χ1n) is 22.2. The summed E-state index contributed by atoms with van der Waals surface area (Å²) in [4.78, 5) is 4.72. The van der Waals surface area contributed by atoms with Gasteiger partial charge < -0.3 is 18.9 Å². The fourth-order valence-corrected chi connectivity index (χ4v) is 9.51. The van der Waals surface area contributed by atoms with Crippen LogP contribution < -0.4 is 9.80 Å². The molecule has 310 valence electrons. The summed E-state index contributed by atoms with van der Waals surface area (Å²) in [5, 5.41) is 3.57. The summed E-state index contributed by atoms with van der Waals surface area (Å²) in [6.45, 7) is 6.36. The first kappa shape index (κ1) is 39.3. The SMILES string of the molecule is C=Cc1c(/C=C\C)n(-c2ccccc2)c2ccc(N(c3ccccc3)c3cccc(-c4cccc(N(c5ccccc5)c5ccc6c(c5)c5ccccc5n6-c5ccccc5)c4)c3)cc12. The molecule has 0 spiro atoms. The topological polar surface area (TPSA) is 16.3 Å². The maximum atomic E-state index is 4.30. The molecule has 0 saturated heterocycles. The molecule has 4 nitrogen and oxygen atoms in total. The van der Waals surface area contributed by atoms with Crippen LogP contribution in [0, 0.1) is 0 Å². The number of hydrogen-bond acceptors (Lipinski definition) is 2. The molecule has 0 unspecified atom stereocenters. The van der Waals surface area contributed by atoms with Crippen LogP contribution in [0.3, 0.4) is 0 Å². The fraction of sp³-hybridized carbons (Fsp3) is 0.0164. The summed E-state index contributed by atoms with van der Waals surface area (Å²) in [6.07, 6.45) is 6.26. The highest BCUT2D eigenvalue weighted by Crippen LogP contribution is 2.43. The van der Waals surface area contributed by atoms with Crippen molar-refractivity contribution in [2.24, 2.45) is 0 Å². The summed E-state index contributed by atoms with van der Waals surface area (Å²) in [5.41, 5.74) is 16.7. The lowest BCUT2D eigenvalue weighted by Crippen LogP contribution is -2.10. The highest BCUT2D eigenvalue weighted by molar-refractivity contribution is 6.11. The van der Waals surface area contributed by atoms with E-state index in [1.165, 1.54) is 21.8 Å². The van der Waals surface area contributed by atoms with Crippen molar-refractivity contribution in [1.29, 1.82) is 0 Å². The van der Waals surface area contributed by atoms with Crippen molar-refractivity contribution in [2.75, 3.05) is 9.80 Å². The van der Waals surface area contributed by atoms with Crippen molar-refractivity contribution >= 4 is 79.0 Å². The molecule has 0 aliphatic heterocycles. The summed E-state index contributed by atoms with van der Waals surface area (Å²) in [6, 6.07) is 82.7. The molecule has 0 aliphatic carbocycles. The van der Waals surface area contributed by atoms with Gasteiger partial charge in [-0.05, 0) is 139 Å². The molecule has 65 heavy (non-hydrogen) atoms. The van der Waals surface area contributed by atoms with Crippen LogP contribution in [0.15, 0.2) is 243 Å². The molecular weight excluding hydrogens is 789 g/mol. The third-order valence-corrected chi connectivity index (χ3v) is 12.3. The van der Waals surface area contributed by atoms with Crippen LogP contribution in [0.1, 0.15) is 18.2 Å². The number of allylic oxidation sites excluding steroid dienone is 1.